The third-order valence-corrected chi connectivity index (χ3v) is 2.47. The van der Waals surface area contributed by atoms with Crippen molar-refractivity contribution in [3.63, 3.8) is 0 Å². The summed E-state index contributed by atoms with van der Waals surface area (Å²) in [5.41, 5.74) is 0. The second-order valence-electron chi connectivity index (χ2n) is 3.96. The Morgan fingerprint density at radius 3 is 2.82 bits per heavy atom. The van der Waals surface area contributed by atoms with Crippen molar-refractivity contribution in [1.82, 2.24) is 5.32 Å². The van der Waals surface area contributed by atoms with Gasteiger partial charge in [0.2, 0.25) is 5.91 Å². The van der Waals surface area contributed by atoms with Crippen molar-refractivity contribution in [3.05, 3.63) is 0 Å². The molecule has 1 aliphatic rings. The van der Waals surface area contributed by atoms with Crippen molar-refractivity contribution in [3.8, 4) is 0 Å². The molecule has 0 unspecified atom stereocenters. The molecule has 0 aromatic rings. The van der Waals surface area contributed by atoms with E-state index < -0.39 is 24.6 Å². The molecular formula is C10H19NO6. The van der Waals surface area contributed by atoms with E-state index in [1.807, 2.05) is 0 Å². The highest BCUT2D eigenvalue weighted by Gasteiger charge is 2.36. The molecule has 7 heteroatoms. The Balaban J connectivity index is 2.31. The molecule has 1 heterocycles. The van der Waals surface area contributed by atoms with E-state index in [4.69, 9.17) is 14.6 Å². The van der Waals surface area contributed by atoms with E-state index in [1.165, 1.54) is 6.92 Å². The molecule has 0 radical (unpaired) electrons. The maximum Gasteiger partial charge on any atom is 0.216 e. The summed E-state index contributed by atoms with van der Waals surface area (Å²) in [5, 5.41) is 30.5. The lowest BCUT2D eigenvalue weighted by Gasteiger charge is -2.36. The number of hydrogen-bond acceptors (Lipinski definition) is 6. The third kappa shape index (κ3) is 4.57. The number of aliphatic hydroxyl groups is 3. The van der Waals surface area contributed by atoms with Crippen LogP contribution in [-0.4, -0.2) is 65.6 Å². The van der Waals surface area contributed by atoms with Crippen LogP contribution in [0.3, 0.4) is 0 Å². The minimum absolute atomic E-state index is 0.159. The van der Waals surface area contributed by atoms with Crippen molar-refractivity contribution < 1.29 is 29.6 Å². The molecule has 1 aliphatic heterocycles. The highest BCUT2D eigenvalue weighted by molar-refractivity contribution is 5.72. The van der Waals surface area contributed by atoms with Gasteiger partial charge >= 0.3 is 0 Å². The third-order valence-electron chi connectivity index (χ3n) is 2.47. The molecule has 1 saturated heterocycles. The van der Waals surface area contributed by atoms with Crippen LogP contribution in [0.25, 0.3) is 0 Å². The molecule has 1 rings (SSSR count). The van der Waals surface area contributed by atoms with Gasteiger partial charge in [-0.25, -0.2) is 0 Å². The van der Waals surface area contributed by atoms with Gasteiger partial charge in [0.25, 0.3) is 0 Å². The molecule has 17 heavy (non-hydrogen) atoms. The van der Waals surface area contributed by atoms with Gasteiger partial charge in [-0.2, -0.15) is 0 Å². The van der Waals surface area contributed by atoms with E-state index in [0.717, 1.165) is 0 Å². The van der Waals surface area contributed by atoms with Crippen molar-refractivity contribution in [2.24, 2.45) is 0 Å². The van der Waals surface area contributed by atoms with Crippen LogP contribution < -0.4 is 5.32 Å². The minimum Gasteiger partial charge on any atom is -0.394 e. The molecule has 0 aliphatic carbocycles. The summed E-state index contributed by atoms with van der Waals surface area (Å²) in [4.78, 5) is 10.6. The maximum absolute atomic E-state index is 10.6. The smallest absolute Gasteiger partial charge is 0.216 e. The first-order valence-electron chi connectivity index (χ1n) is 5.53. The Morgan fingerprint density at radius 2 is 2.24 bits per heavy atom. The summed E-state index contributed by atoms with van der Waals surface area (Å²) in [6.07, 6.45) is -3.48. The zero-order chi connectivity index (χ0) is 12.8. The van der Waals surface area contributed by atoms with Crippen molar-refractivity contribution in [2.75, 3.05) is 19.8 Å². The topological polar surface area (TPSA) is 108 Å². The van der Waals surface area contributed by atoms with Crippen LogP contribution in [-0.2, 0) is 14.3 Å². The van der Waals surface area contributed by atoms with Crippen LogP contribution in [0.2, 0.25) is 0 Å². The predicted molar refractivity (Wildman–Crippen MR) is 57.0 cm³/mol. The minimum atomic E-state index is -1.14. The number of ether oxygens (including phenoxy) is 2. The summed E-state index contributed by atoms with van der Waals surface area (Å²) in [7, 11) is 0. The van der Waals surface area contributed by atoms with Gasteiger partial charge in [-0.3, -0.25) is 4.79 Å². The molecule has 7 nitrogen and oxygen atoms in total. The molecule has 0 bridgehead atoms. The summed E-state index contributed by atoms with van der Waals surface area (Å²) < 4.78 is 10.4. The lowest BCUT2D eigenvalue weighted by molar-refractivity contribution is -0.270. The van der Waals surface area contributed by atoms with E-state index in [-0.39, 0.29) is 25.5 Å². The number of carbonyl (C=O) groups excluding carboxylic acids is 1. The Morgan fingerprint density at radius 1 is 1.53 bits per heavy atom. The lowest BCUT2D eigenvalue weighted by Crippen LogP contribution is -2.50. The number of carbonyl (C=O) groups is 1. The molecule has 0 aromatic heterocycles. The first-order valence-corrected chi connectivity index (χ1v) is 5.53. The second kappa shape index (κ2) is 6.87. The number of nitrogens with one attached hydrogen (secondary N) is 1. The zero-order valence-electron chi connectivity index (χ0n) is 9.70. The van der Waals surface area contributed by atoms with Crippen LogP contribution in [0, 0.1) is 0 Å². The molecule has 4 atom stereocenters. The van der Waals surface area contributed by atoms with Crippen LogP contribution in [0.4, 0.5) is 0 Å². The quantitative estimate of drug-likeness (QED) is 0.418. The fourth-order valence-electron chi connectivity index (χ4n) is 1.57. The molecular weight excluding hydrogens is 230 g/mol. The van der Waals surface area contributed by atoms with Crippen molar-refractivity contribution in [1.29, 1.82) is 0 Å². The van der Waals surface area contributed by atoms with Crippen LogP contribution in [0.15, 0.2) is 0 Å². The number of hydrogen-bond donors (Lipinski definition) is 4. The zero-order valence-corrected chi connectivity index (χ0v) is 9.70. The normalized spacial score (nSPS) is 33.4. The van der Waals surface area contributed by atoms with Gasteiger partial charge in [-0.15, -0.1) is 0 Å². The molecule has 0 aromatic carbocycles. The summed E-state index contributed by atoms with van der Waals surface area (Å²) in [6, 6.07) is 0. The van der Waals surface area contributed by atoms with E-state index in [2.05, 4.69) is 5.32 Å². The van der Waals surface area contributed by atoms with E-state index in [1.54, 1.807) is 0 Å². The molecule has 0 saturated carbocycles. The lowest BCUT2D eigenvalue weighted by atomic mass is 10.0. The number of amides is 1. The molecule has 1 fully saturated rings. The Hall–Kier alpha value is -0.730. The van der Waals surface area contributed by atoms with Crippen LogP contribution in [0.5, 0.6) is 0 Å². The van der Waals surface area contributed by atoms with Gasteiger partial charge in [0.15, 0.2) is 6.29 Å². The molecule has 1 amide bonds. The first-order chi connectivity index (χ1) is 8.04. The average Bonchev–Trinajstić information content (AvgIpc) is 2.29. The van der Waals surface area contributed by atoms with Crippen molar-refractivity contribution >= 4 is 5.91 Å². The van der Waals surface area contributed by atoms with E-state index in [0.29, 0.717) is 6.54 Å². The molecule has 4 N–H and O–H groups in total. The summed E-state index contributed by atoms with van der Waals surface area (Å²) in [5.74, 6) is -0.174. The van der Waals surface area contributed by atoms with Gasteiger partial charge in [-0.05, 0) is 0 Å². The summed E-state index contributed by atoms with van der Waals surface area (Å²) >= 11 is 0. The van der Waals surface area contributed by atoms with Gasteiger partial charge in [0, 0.05) is 19.9 Å². The Labute approximate surface area is 99.3 Å². The highest BCUT2D eigenvalue weighted by Crippen LogP contribution is 2.20. The fraction of sp³-hybridized carbons (Fsp3) is 0.900. The SMILES string of the molecule is CC(=O)NCCO[C@H]1O[C@H](CO)C[C@H](O)[C@@H]1O. The molecule has 0 spiro atoms. The van der Waals surface area contributed by atoms with Crippen LogP contribution in [0.1, 0.15) is 13.3 Å². The van der Waals surface area contributed by atoms with Gasteiger partial charge in [0.05, 0.1) is 25.4 Å². The summed E-state index contributed by atoms with van der Waals surface area (Å²) in [6.45, 7) is 1.60. The van der Waals surface area contributed by atoms with Gasteiger partial charge in [0.1, 0.15) is 6.10 Å². The van der Waals surface area contributed by atoms with Gasteiger partial charge < -0.3 is 30.1 Å². The van der Waals surface area contributed by atoms with Gasteiger partial charge in [-0.1, -0.05) is 0 Å². The van der Waals surface area contributed by atoms with E-state index >= 15 is 0 Å². The average molecular weight is 249 g/mol. The number of aliphatic hydroxyl groups excluding tert-OH is 3. The second-order valence-corrected chi connectivity index (χ2v) is 3.96. The maximum atomic E-state index is 10.6. The van der Waals surface area contributed by atoms with E-state index in [9.17, 15) is 15.0 Å². The monoisotopic (exact) mass is 249 g/mol. The van der Waals surface area contributed by atoms with Crippen LogP contribution >= 0.6 is 0 Å². The highest BCUT2D eigenvalue weighted by atomic mass is 16.7. The molecule has 100 valence electrons. The largest absolute Gasteiger partial charge is 0.394 e. The van der Waals surface area contributed by atoms with Crippen molar-refractivity contribution in [2.45, 2.75) is 37.9 Å². The first kappa shape index (κ1) is 14.3. The number of rotatable bonds is 5. The fourth-order valence-corrected chi connectivity index (χ4v) is 1.57. The Bertz CT molecular complexity index is 249. The predicted octanol–water partition coefficient (Wildman–Crippen LogP) is -2.03. The standard InChI is InChI=1S/C10H19NO6/c1-6(13)11-2-3-16-10-9(15)8(14)4-7(5-12)17-10/h7-10,12,14-15H,2-5H2,1H3,(H,11,13)/t7-,8-,9-,10-/m0/s1. The Kier molecular flexibility index (Phi) is 5.79.